The number of hydrogen-bond donors (Lipinski definition) is 0. The van der Waals surface area contributed by atoms with Crippen molar-refractivity contribution in [3.8, 4) is 23.3 Å². The summed E-state index contributed by atoms with van der Waals surface area (Å²) in [5.41, 5.74) is 5.44. The first-order chi connectivity index (χ1) is 22.3. The van der Waals surface area contributed by atoms with Crippen molar-refractivity contribution in [1.29, 1.82) is 5.26 Å². The number of benzene rings is 1. The number of piperazine rings is 1. The summed E-state index contributed by atoms with van der Waals surface area (Å²) in [6.45, 7) is 12.6. The Kier molecular flexibility index (Phi) is 7.56. The van der Waals surface area contributed by atoms with Crippen LogP contribution in [0, 0.1) is 23.7 Å². The van der Waals surface area contributed by atoms with Crippen LogP contribution in [0.2, 0.25) is 0 Å². The van der Waals surface area contributed by atoms with Crippen LogP contribution in [0.15, 0.2) is 49.3 Å². The zero-order valence-electron chi connectivity index (χ0n) is 26.6. The fraction of sp³-hybridized carbons (Fsp3) is 0.412. The zero-order valence-corrected chi connectivity index (χ0v) is 26.6. The molecule has 3 saturated heterocycles. The van der Waals surface area contributed by atoms with Gasteiger partial charge in [0.1, 0.15) is 18.2 Å². The summed E-state index contributed by atoms with van der Waals surface area (Å²) in [6.07, 6.45) is 5.98. The first-order valence-corrected chi connectivity index (χ1v) is 15.7. The van der Waals surface area contributed by atoms with Gasteiger partial charge in [-0.1, -0.05) is 18.7 Å². The van der Waals surface area contributed by atoms with Gasteiger partial charge in [0.05, 0.1) is 35.0 Å². The van der Waals surface area contributed by atoms with E-state index >= 15 is 0 Å². The molecule has 0 saturated carbocycles. The van der Waals surface area contributed by atoms with Crippen LogP contribution in [0.5, 0.6) is 6.01 Å². The van der Waals surface area contributed by atoms with Gasteiger partial charge in [-0.2, -0.15) is 20.3 Å². The number of aromatic nitrogens is 5. The standard InChI is InChI=1S/C34H38N10O2/c1-5-28(45)44-21-34(22-44)10-11-43(20-34)32-27(16-35)30(29-23(2)6-7-24-17-37-41(4)31(24)29)38-33(39-32)46-19-25-8-9-26(18-36-25)42-14-12-40(3)13-15-42/h5-9,17-18H,1,10-15,19-22H2,2-4H3. The average Bonchev–Trinajstić information content (AvgIpc) is 3.67. The number of ether oxygens (including phenoxy) is 1. The first kappa shape index (κ1) is 29.7. The van der Waals surface area contributed by atoms with Crippen LogP contribution >= 0.6 is 0 Å². The number of anilines is 2. The zero-order chi connectivity index (χ0) is 32.0. The molecule has 1 aromatic carbocycles. The molecule has 0 aliphatic carbocycles. The second-order valence-corrected chi connectivity index (χ2v) is 12.8. The third-order valence-electron chi connectivity index (χ3n) is 9.63. The Morgan fingerprint density at radius 2 is 1.85 bits per heavy atom. The molecule has 1 amide bonds. The average molecular weight is 619 g/mol. The Morgan fingerprint density at radius 3 is 2.57 bits per heavy atom. The lowest BCUT2D eigenvalue weighted by molar-refractivity contribution is -0.136. The summed E-state index contributed by atoms with van der Waals surface area (Å²) in [6, 6.07) is 10.7. The minimum Gasteiger partial charge on any atom is -0.457 e. The van der Waals surface area contributed by atoms with Gasteiger partial charge >= 0.3 is 6.01 Å². The third kappa shape index (κ3) is 5.30. The van der Waals surface area contributed by atoms with Gasteiger partial charge in [-0.25, -0.2) is 0 Å². The summed E-state index contributed by atoms with van der Waals surface area (Å²) >= 11 is 0. The number of nitrogens with zero attached hydrogens (tertiary/aromatic N) is 10. The molecule has 0 unspecified atom stereocenters. The first-order valence-electron chi connectivity index (χ1n) is 15.7. The highest BCUT2D eigenvalue weighted by Gasteiger charge is 2.49. The fourth-order valence-corrected chi connectivity index (χ4v) is 6.99. The van der Waals surface area contributed by atoms with Gasteiger partial charge in [-0.05, 0) is 44.2 Å². The van der Waals surface area contributed by atoms with Crippen molar-refractivity contribution in [2.24, 2.45) is 12.5 Å². The van der Waals surface area contributed by atoms with E-state index in [1.54, 1.807) is 0 Å². The molecule has 3 fully saturated rings. The summed E-state index contributed by atoms with van der Waals surface area (Å²) in [7, 11) is 4.04. The predicted molar refractivity (Wildman–Crippen MR) is 176 cm³/mol. The predicted octanol–water partition coefficient (Wildman–Crippen LogP) is 3.16. The van der Waals surface area contributed by atoms with Crippen LogP contribution < -0.4 is 14.5 Å². The molecule has 6 heterocycles. The molecular weight excluding hydrogens is 580 g/mol. The van der Waals surface area contributed by atoms with Crippen molar-refractivity contribution in [3.63, 3.8) is 0 Å². The summed E-state index contributed by atoms with van der Waals surface area (Å²) in [5.74, 6) is 0.497. The number of rotatable bonds is 7. The smallest absolute Gasteiger partial charge is 0.319 e. The van der Waals surface area contributed by atoms with Crippen LogP contribution in [0.25, 0.3) is 22.2 Å². The molecule has 0 atom stereocenters. The van der Waals surface area contributed by atoms with Gasteiger partial charge < -0.3 is 24.3 Å². The van der Waals surface area contributed by atoms with E-state index in [0.29, 0.717) is 43.3 Å². The van der Waals surface area contributed by atoms with Gasteiger partial charge in [0, 0.05) is 75.8 Å². The lowest BCUT2D eigenvalue weighted by atomic mass is 9.79. The number of carbonyl (C=O) groups is 1. The third-order valence-corrected chi connectivity index (χ3v) is 9.63. The number of likely N-dealkylation sites (tertiary alicyclic amines) is 1. The van der Waals surface area contributed by atoms with Crippen LogP contribution in [-0.2, 0) is 18.4 Å². The molecule has 3 aromatic heterocycles. The molecule has 46 heavy (non-hydrogen) atoms. The molecule has 4 aromatic rings. The molecule has 3 aliphatic rings. The number of amides is 1. The van der Waals surface area contributed by atoms with E-state index in [4.69, 9.17) is 14.7 Å². The van der Waals surface area contributed by atoms with Crippen molar-refractivity contribution >= 4 is 28.3 Å². The highest BCUT2D eigenvalue weighted by Crippen LogP contribution is 2.43. The number of fused-ring (bicyclic) bond motifs is 1. The molecule has 236 valence electrons. The lowest BCUT2D eigenvalue weighted by Crippen LogP contribution is -2.59. The maximum absolute atomic E-state index is 12.2. The molecule has 3 aliphatic heterocycles. The highest BCUT2D eigenvalue weighted by atomic mass is 16.5. The maximum Gasteiger partial charge on any atom is 0.319 e. The molecule has 12 heteroatoms. The number of hydrogen-bond acceptors (Lipinski definition) is 10. The topological polar surface area (TPSA) is 120 Å². The number of carbonyl (C=O) groups excluding carboxylic acids is 1. The monoisotopic (exact) mass is 618 g/mol. The minimum absolute atomic E-state index is 0.0368. The Labute approximate surface area is 268 Å². The van der Waals surface area contributed by atoms with E-state index in [2.05, 4.69) is 50.5 Å². The van der Waals surface area contributed by atoms with Crippen LogP contribution in [0.1, 0.15) is 23.2 Å². The van der Waals surface area contributed by atoms with Crippen LogP contribution in [0.4, 0.5) is 11.5 Å². The van der Waals surface area contributed by atoms with Crippen LogP contribution in [-0.4, -0.2) is 99.8 Å². The van der Waals surface area contributed by atoms with Crippen molar-refractivity contribution in [3.05, 3.63) is 66.1 Å². The molecule has 1 spiro atoms. The quantitative estimate of drug-likeness (QED) is 0.286. The minimum atomic E-state index is -0.0493. The Morgan fingerprint density at radius 1 is 1.04 bits per heavy atom. The van der Waals surface area contributed by atoms with Crippen molar-refractivity contribution < 1.29 is 9.53 Å². The van der Waals surface area contributed by atoms with Crippen molar-refractivity contribution in [2.45, 2.75) is 20.0 Å². The van der Waals surface area contributed by atoms with E-state index in [9.17, 15) is 10.1 Å². The van der Waals surface area contributed by atoms with E-state index < -0.39 is 0 Å². The SMILES string of the molecule is C=CC(=O)N1CC2(CCN(c3nc(OCc4ccc(N5CCN(C)CC5)cn4)nc(-c4c(C)ccc5cnn(C)c45)c3C#N)C2)C1. The Balaban J connectivity index is 1.22. The summed E-state index contributed by atoms with van der Waals surface area (Å²) in [4.78, 5) is 35.2. The van der Waals surface area contributed by atoms with E-state index in [1.165, 1.54) is 6.08 Å². The molecule has 12 nitrogen and oxygen atoms in total. The van der Waals surface area contributed by atoms with E-state index in [1.807, 2.05) is 54.1 Å². The number of pyridine rings is 1. The van der Waals surface area contributed by atoms with Crippen molar-refractivity contribution in [2.75, 3.05) is 69.2 Å². The molecule has 0 N–H and O–H groups in total. The van der Waals surface area contributed by atoms with E-state index in [-0.39, 0.29) is 23.9 Å². The lowest BCUT2D eigenvalue weighted by Gasteiger charge is -2.47. The molecule has 0 radical (unpaired) electrons. The molecule has 0 bridgehead atoms. The maximum atomic E-state index is 12.2. The fourth-order valence-electron chi connectivity index (χ4n) is 6.99. The van der Waals surface area contributed by atoms with Gasteiger partial charge in [0.25, 0.3) is 0 Å². The summed E-state index contributed by atoms with van der Waals surface area (Å²) < 4.78 is 8.06. The Hall–Kier alpha value is -5.02. The number of nitriles is 1. The normalized spacial score (nSPS) is 17.7. The van der Waals surface area contributed by atoms with Gasteiger partial charge in [-0.3, -0.25) is 14.5 Å². The number of likely N-dealkylation sites (N-methyl/N-ethyl adjacent to an activating group) is 1. The van der Waals surface area contributed by atoms with E-state index in [0.717, 1.165) is 66.0 Å². The van der Waals surface area contributed by atoms with Gasteiger partial charge in [0.15, 0.2) is 5.82 Å². The Bertz CT molecular complexity index is 1850. The number of aryl methyl sites for hydroxylation is 2. The van der Waals surface area contributed by atoms with Gasteiger partial charge in [-0.15, -0.1) is 0 Å². The molecular formula is C34H38N10O2. The second kappa shape index (κ2) is 11.7. The second-order valence-electron chi connectivity index (χ2n) is 12.8. The van der Waals surface area contributed by atoms with Crippen LogP contribution in [0.3, 0.4) is 0 Å². The molecule has 7 rings (SSSR count). The highest BCUT2D eigenvalue weighted by molar-refractivity contribution is 5.97. The summed E-state index contributed by atoms with van der Waals surface area (Å²) in [5, 5.41) is 16.0. The van der Waals surface area contributed by atoms with Gasteiger partial charge in [0.2, 0.25) is 5.91 Å². The largest absolute Gasteiger partial charge is 0.457 e. The van der Waals surface area contributed by atoms with Crippen molar-refractivity contribution in [1.82, 2.24) is 34.5 Å².